The largest absolute Gasteiger partial charge is 0.360 e. The van der Waals surface area contributed by atoms with Gasteiger partial charge in [-0.05, 0) is 63.6 Å². The molecule has 190 valence electrons. The summed E-state index contributed by atoms with van der Waals surface area (Å²) in [4.78, 5) is 12.8. The Morgan fingerprint density at radius 2 is 1.91 bits per heavy atom. The highest BCUT2D eigenvalue weighted by molar-refractivity contribution is 7.86. The molecule has 9 nitrogen and oxygen atoms in total. The van der Waals surface area contributed by atoms with Crippen molar-refractivity contribution in [3.05, 3.63) is 53.4 Å². The van der Waals surface area contributed by atoms with Crippen LogP contribution < -0.4 is 10.6 Å². The van der Waals surface area contributed by atoms with Crippen LogP contribution in [0.15, 0.2) is 40.9 Å². The van der Waals surface area contributed by atoms with Gasteiger partial charge in [-0.3, -0.25) is 4.79 Å². The first-order chi connectivity index (χ1) is 16.9. The third-order valence-corrected chi connectivity index (χ3v) is 9.63. The lowest BCUT2D eigenvalue weighted by molar-refractivity contribution is 0.0900. The second-order valence-corrected chi connectivity index (χ2v) is 12.0. The predicted molar refractivity (Wildman–Crippen MR) is 132 cm³/mol. The smallest absolute Gasteiger partial charge is 0.282 e. The van der Waals surface area contributed by atoms with Gasteiger partial charge in [0.05, 0.1) is 0 Å². The number of hydrogen-bond acceptors (Lipinski definition) is 6. The van der Waals surface area contributed by atoms with Crippen LogP contribution in [0.3, 0.4) is 0 Å². The van der Waals surface area contributed by atoms with Crippen LogP contribution in [0.5, 0.6) is 0 Å². The van der Waals surface area contributed by atoms with Gasteiger partial charge in [-0.1, -0.05) is 35.5 Å². The molecular formula is C25H35N5O4S. The first-order valence-corrected chi connectivity index (χ1v) is 14.1. The SMILES string of the molecule is CN(C1CCNCC1)S(=O)(=O)N1CC[C@H](NC(=O)c2cc(C3CC3)on2)C[C@H]1Cc1ccccc1. The van der Waals surface area contributed by atoms with E-state index in [2.05, 4.69) is 15.8 Å². The number of hydrogen-bond donors (Lipinski definition) is 2. The Hall–Kier alpha value is -2.27. The van der Waals surface area contributed by atoms with Crippen molar-refractivity contribution in [2.24, 2.45) is 0 Å². The quantitative estimate of drug-likeness (QED) is 0.575. The first kappa shape index (κ1) is 24.4. The number of benzene rings is 1. The van der Waals surface area contributed by atoms with E-state index in [0.717, 1.165) is 50.1 Å². The lowest BCUT2D eigenvalue weighted by Crippen LogP contribution is -2.57. The summed E-state index contributed by atoms with van der Waals surface area (Å²) in [6.07, 6.45) is 5.49. The third-order valence-electron chi connectivity index (χ3n) is 7.54. The van der Waals surface area contributed by atoms with Crippen LogP contribution >= 0.6 is 0 Å². The molecular weight excluding hydrogens is 466 g/mol. The van der Waals surface area contributed by atoms with Crippen LogP contribution in [0.1, 0.15) is 66.3 Å². The van der Waals surface area contributed by atoms with Gasteiger partial charge in [-0.15, -0.1) is 0 Å². The summed E-state index contributed by atoms with van der Waals surface area (Å²) < 4.78 is 36.0. The van der Waals surface area contributed by atoms with Gasteiger partial charge in [-0.25, -0.2) is 0 Å². The molecule has 3 fully saturated rings. The number of carbonyl (C=O) groups is 1. The van der Waals surface area contributed by atoms with Gasteiger partial charge in [0.1, 0.15) is 5.76 Å². The minimum atomic E-state index is -3.64. The molecule has 1 amide bonds. The zero-order chi connectivity index (χ0) is 24.4. The van der Waals surface area contributed by atoms with E-state index in [9.17, 15) is 13.2 Å². The molecule has 0 radical (unpaired) electrons. The van der Waals surface area contributed by atoms with Crippen molar-refractivity contribution in [3.8, 4) is 0 Å². The molecule has 2 atom stereocenters. The molecule has 1 aromatic heterocycles. The highest BCUT2D eigenvalue weighted by Gasteiger charge is 2.41. The Morgan fingerprint density at radius 3 is 2.63 bits per heavy atom. The fraction of sp³-hybridized carbons (Fsp3) is 0.600. The molecule has 3 aliphatic rings. The fourth-order valence-corrected chi connectivity index (χ4v) is 7.07. The normalized spacial score (nSPS) is 24.5. The van der Waals surface area contributed by atoms with Crippen LogP contribution in [0, 0.1) is 0 Å². The van der Waals surface area contributed by atoms with Crippen molar-refractivity contribution in [1.29, 1.82) is 0 Å². The molecule has 2 saturated heterocycles. The van der Waals surface area contributed by atoms with E-state index in [-0.39, 0.29) is 24.0 Å². The molecule has 5 rings (SSSR count). The standard InChI is InChI=1S/C25H35N5O4S/c1-29(21-9-12-26-13-10-21)35(32,33)30-14-11-20(16-22(30)15-18-5-3-2-4-6-18)27-25(31)23-17-24(34-28-23)19-7-8-19/h2-6,17,19-22,26H,7-16H2,1H3,(H,27,31)/t20-,22+/m0/s1. The lowest BCUT2D eigenvalue weighted by Gasteiger charge is -2.42. The Morgan fingerprint density at radius 1 is 1.17 bits per heavy atom. The number of aromatic nitrogens is 1. The lowest BCUT2D eigenvalue weighted by atomic mass is 9.94. The number of carbonyl (C=O) groups excluding carboxylic acids is 1. The van der Waals surface area contributed by atoms with Crippen molar-refractivity contribution in [3.63, 3.8) is 0 Å². The third kappa shape index (κ3) is 5.61. The summed E-state index contributed by atoms with van der Waals surface area (Å²) in [6.45, 7) is 2.03. The zero-order valence-electron chi connectivity index (χ0n) is 20.2. The molecule has 35 heavy (non-hydrogen) atoms. The van der Waals surface area contributed by atoms with Crippen LogP contribution in [0.4, 0.5) is 0 Å². The van der Waals surface area contributed by atoms with E-state index in [1.54, 1.807) is 21.7 Å². The van der Waals surface area contributed by atoms with E-state index >= 15 is 0 Å². The molecule has 2 aliphatic heterocycles. The average molecular weight is 502 g/mol. The van der Waals surface area contributed by atoms with Gasteiger partial charge in [-0.2, -0.15) is 17.0 Å². The summed E-state index contributed by atoms with van der Waals surface area (Å²) in [5, 5.41) is 10.3. The molecule has 3 heterocycles. The molecule has 0 bridgehead atoms. The van der Waals surface area contributed by atoms with E-state index in [0.29, 0.717) is 37.4 Å². The number of rotatable bonds is 8. The Balaban J connectivity index is 1.30. The Labute approximate surface area is 207 Å². The van der Waals surface area contributed by atoms with Crippen LogP contribution in [-0.4, -0.2) is 72.9 Å². The summed E-state index contributed by atoms with van der Waals surface area (Å²) in [6, 6.07) is 11.3. The number of amides is 1. The van der Waals surface area contributed by atoms with E-state index in [1.165, 1.54) is 0 Å². The maximum absolute atomic E-state index is 13.7. The topological polar surface area (TPSA) is 108 Å². The van der Waals surface area contributed by atoms with Crippen LogP contribution in [0.2, 0.25) is 0 Å². The second kappa shape index (κ2) is 10.4. The molecule has 0 unspecified atom stereocenters. The highest BCUT2D eigenvalue weighted by Crippen LogP contribution is 2.40. The molecule has 1 aromatic carbocycles. The second-order valence-electron chi connectivity index (χ2n) is 10.0. The van der Waals surface area contributed by atoms with E-state index in [4.69, 9.17) is 4.52 Å². The molecule has 2 aromatic rings. The summed E-state index contributed by atoms with van der Waals surface area (Å²) >= 11 is 0. The summed E-state index contributed by atoms with van der Waals surface area (Å²) in [5.74, 6) is 0.913. The zero-order valence-corrected chi connectivity index (χ0v) is 21.0. The van der Waals surface area contributed by atoms with Gasteiger partial charge in [0.15, 0.2) is 5.69 Å². The number of nitrogens with zero attached hydrogens (tertiary/aromatic N) is 3. The minimum Gasteiger partial charge on any atom is -0.360 e. The van der Waals surface area contributed by atoms with Crippen LogP contribution in [0.25, 0.3) is 0 Å². The van der Waals surface area contributed by atoms with Crippen molar-refractivity contribution in [1.82, 2.24) is 24.4 Å². The van der Waals surface area contributed by atoms with E-state index in [1.807, 2.05) is 30.3 Å². The van der Waals surface area contributed by atoms with Gasteiger partial charge in [0.25, 0.3) is 16.1 Å². The Kier molecular flexibility index (Phi) is 7.24. The minimum absolute atomic E-state index is 0.00359. The highest BCUT2D eigenvalue weighted by atomic mass is 32.2. The Bertz CT molecular complexity index is 1110. The van der Waals surface area contributed by atoms with Crippen molar-refractivity contribution < 1.29 is 17.7 Å². The van der Waals surface area contributed by atoms with Crippen molar-refractivity contribution in [2.75, 3.05) is 26.7 Å². The first-order valence-electron chi connectivity index (χ1n) is 12.7. The van der Waals surface area contributed by atoms with Gasteiger partial charge in [0.2, 0.25) is 0 Å². The monoisotopic (exact) mass is 501 g/mol. The van der Waals surface area contributed by atoms with Gasteiger partial charge in [0, 0.05) is 43.7 Å². The molecule has 10 heteroatoms. The average Bonchev–Trinajstić information content (AvgIpc) is 3.60. The molecule has 1 saturated carbocycles. The number of piperidine rings is 2. The number of nitrogens with one attached hydrogen (secondary N) is 2. The summed E-state index contributed by atoms with van der Waals surface area (Å²) in [7, 11) is -1.93. The van der Waals surface area contributed by atoms with Crippen molar-refractivity contribution in [2.45, 2.75) is 69.0 Å². The molecule has 2 N–H and O–H groups in total. The fourth-order valence-electron chi connectivity index (χ4n) is 5.28. The molecule has 1 aliphatic carbocycles. The van der Waals surface area contributed by atoms with E-state index < -0.39 is 10.2 Å². The summed E-state index contributed by atoms with van der Waals surface area (Å²) in [5.41, 5.74) is 1.38. The maximum atomic E-state index is 13.7. The van der Waals surface area contributed by atoms with Gasteiger partial charge >= 0.3 is 0 Å². The maximum Gasteiger partial charge on any atom is 0.282 e. The molecule has 0 spiro atoms. The van der Waals surface area contributed by atoms with Gasteiger partial charge < -0.3 is 15.2 Å². The van der Waals surface area contributed by atoms with Crippen LogP contribution in [-0.2, 0) is 16.6 Å². The van der Waals surface area contributed by atoms with Crippen molar-refractivity contribution >= 4 is 16.1 Å². The predicted octanol–water partition coefficient (Wildman–Crippen LogP) is 2.29.